The number of benzene rings is 1. The van der Waals surface area contributed by atoms with Gasteiger partial charge in [-0.05, 0) is 19.1 Å². The number of nitrogens with one attached hydrogen (secondary N) is 1. The van der Waals surface area contributed by atoms with Gasteiger partial charge in [0.05, 0.1) is 29.0 Å². The van der Waals surface area contributed by atoms with E-state index in [1.54, 1.807) is 17.1 Å². The molecule has 0 saturated heterocycles. The molecule has 1 aromatic carbocycles. The van der Waals surface area contributed by atoms with E-state index in [4.69, 9.17) is 11.6 Å². The maximum atomic E-state index is 9.24. The lowest BCUT2D eigenvalue weighted by Crippen LogP contribution is -2.12. The van der Waals surface area contributed by atoms with Crippen molar-refractivity contribution in [3.63, 3.8) is 0 Å². The third-order valence-corrected chi connectivity index (χ3v) is 3.46. The fourth-order valence-electron chi connectivity index (χ4n) is 2.23. The Morgan fingerprint density at radius 3 is 2.95 bits per heavy atom. The van der Waals surface area contributed by atoms with Gasteiger partial charge in [0.25, 0.3) is 0 Å². The zero-order chi connectivity index (χ0) is 15.5. The van der Waals surface area contributed by atoms with E-state index in [0.717, 1.165) is 16.5 Å². The molecule has 2 aromatic heterocycles. The van der Waals surface area contributed by atoms with Crippen LogP contribution in [-0.2, 0) is 6.54 Å². The predicted molar refractivity (Wildman–Crippen MR) is 84.7 cm³/mol. The highest BCUT2D eigenvalue weighted by Gasteiger charge is 2.10. The van der Waals surface area contributed by atoms with Gasteiger partial charge in [0.2, 0.25) is 0 Å². The van der Waals surface area contributed by atoms with Crippen LogP contribution in [0.4, 0.5) is 5.69 Å². The Bertz CT molecular complexity index is 864. The summed E-state index contributed by atoms with van der Waals surface area (Å²) in [7, 11) is 0. The van der Waals surface area contributed by atoms with Crippen LogP contribution < -0.4 is 5.32 Å². The molecule has 0 aliphatic carbocycles. The van der Waals surface area contributed by atoms with Gasteiger partial charge < -0.3 is 5.32 Å². The smallest absolute Gasteiger partial charge is 0.186 e. The second-order valence-electron chi connectivity index (χ2n) is 4.90. The second kappa shape index (κ2) is 6.00. The van der Waals surface area contributed by atoms with Gasteiger partial charge in [-0.15, -0.1) is 10.2 Å². The van der Waals surface area contributed by atoms with Gasteiger partial charge in [-0.2, -0.15) is 10.4 Å². The lowest BCUT2D eigenvalue weighted by atomic mass is 10.1. The van der Waals surface area contributed by atoms with E-state index in [0.29, 0.717) is 23.8 Å². The molecular weight excluding hydrogens is 300 g/mol. The number of halogens is 1. The van der Waals surface area contributed by atoms with E-state index in [1.807, 2.05) is 25.1 Å². The third kappa shape index (κ3) is 2.85. The van der Waals surface area contributed by atoms with Crippen LogP contribution in [0, 0.1) is 18.3 Å². The summed E-state index contributed by atoms with van der Waals surface area (Å²) in [6.07, 6.45) is 3.34. The van der Waals surface area contributed by atoms with Crippen LogP contribution in [0.2, 0.25) is 5.02 Å². The molecule has 0 fully saturated rings. The number of rotatable bonds is 4. The summed E-state index contributed by atoms with van der Waals surface area (Å²) in [6, 6.07) is 7.95. The maximum absolute atomic E-state index is 9.24. The highest BCUT2D eigenvalue weighted by Crippen LogP contribution is 2.24. The molecule has 3 aromatic rings. The Kier molecular flexibility index (Phi) is 3.90. The van der Waals surface area contributed by atoms with E-state index in [2.05, 4.69) is 26.7 Å². The van der Waals surface area contributed by atoms with Crippen LogP contribution in [0.1, 0.15) is 11.3 Å². The first-order valence-corrected chi connectivity index (χ1v) is 7.14. The molecule has 22 heavy (non-hydrogen) atoms. The molecule has 110 valence electrons. The number of hydrogen-bond acceptors (Lipinski definition) is 5. The standard InChI is InChI=1S/C15H13ClN6/c1-10-2-3-13-12(6-10)15(14(7-17)21-20-13)18-4-5-22-9-11(16)8-19-22/h2-3,6,8-9H,4-5H2,1H3,(H,18,20). The molecule has 0 spiro atoms. The molecule has 2 heterocycles. The van der Waals surface area contributed by atoms with E-state index < -0.39 is 0 Å². The average molecular weight is 313 g/mol. The van der Waals surface area contributed by atoms with Gasteiger partial charge in [-0.25, -0.2) is 0 Å². The summed E-state index contributed by atoms with van der Waals surface area (Å²) in [4.78, 5) is 0. The van der Waals surface area contributed by atoms with E-state index >= 15 is 0 Å². The third-order valence-electron chi connectivity index (χ3n) is 3.27. The Morgan fingerprint density at radius 1 is 1.36 bits per heavy atom. The minimum Gasteiger partial charge on any atom is -0.380 e. The molecule has 3 rings (SSSR count). The van der Waals surface area contributed by atoms with Crippen molar-refractivity contribution in [2.45, 2.75) is 13.5 Å². The Hall–Kier alpha value is -2.65. The minimum absolute atomic E-state index is 0.289. The molecule has 0 amide bonds. The van der Waals surface area contributed by atoms with Gasteiger partial charge in [0.15, 0.2) is 5.69 Å². The Labute approximate surface area is 132 Å². The van der Waals surface area contributed by atoms with E-state index in [1.165, 1.54) is 0 Å². The maximum Gasteiger partial charge on any atom is 0.186 e. The van der Waals surface area contributed by atoms with E-state index in [9.17, 15) is 5.26 Å². The van der Waals surface area contributed by atoms with Crippen molar-refractivity contribution in [3.8, 4) is 6.07 Å². The zero-order valence-electron chi connectivity index (χ0n) is 11.9. The van der Waals surface area contributed by atoms with Crippen LogP contribution >= 0.6 is 11.6 Å². The summed E-state index contributed by atoms with van der Waals surface area (Å²) >= 11 is 5.83. The molecular formula is C15H13ClN6. The fourth-order valence-corrected chi connectivity index (χ4v) is 2.39. The zero-order valence-corrected chi connectivity index (χ0v) is 12.7. The number of nitrogens with zero attached hydrogens (tertiary/aromatic N) is 5. The summed E-state index contributed by atoms with van der Waals surface area (Å²) < 4.78 is 1.74. The number of aromatic nitrogens is 4. The van der Waals surface area contributed by atoms with Crippen molar-refractivity contribution >= 4 is 28.2 Å². The monoisotopic (exact) mass is 312 g/mol. The SMILES string of the molecule is Cc1ccc2nnc(C#N)c(NCCn3cc(Cl)cn3)c2c1. The molecule has 0 bridgehead atoms. The Balaban J connectivity index is 1.88. The van der Waals surface area contributed by atoms with Crippen LogP contribution in [-0.4, -0.2) is 26.5 Å². The minimum atomic E-state index is 0.289. The van der Waals surface area contributed by atoms with E-state index in [-0.39, 0.29) is 5.69 Å². The van der Waals surface area contributed by atoms with Crippen LogP contribution in [0.5, 0.6) is 0 Å². The van der Waals surface area contributed by atoms with Crippen LogP contribution in [0.3, 0.4) is 0 Å². The lowest BCUT2D eigenvalue weighted by molar-refractivity contribution is 0.638. The van der Waals surface area contributed by atoms with Gasteiger partial charge >= 0.3 is 0 Å². The van der Waals surface area contributed by atoms with Crippen molar-refractivity contribution in [1.29, 1.82) is 5.26 Å². The normalized spacial score (nSPS) is 10.6. The number of nitriles is 1. The second-order valence-corrected chi connectivity index (χ2v) is 5.34. The molecule has 7 heteroatoms. The van der Waals surface area contributed by atoms with Gasteiger partial charge in [-0.1, -0.05) is 23.2 Å². The van der Waals surface area contributed by atoms with Crippen molar-refractivity contribution in [1.82, 2.24) is 20.0 Å². The first kappa shape index (κ1) is 14.3. The fraction of sp³-hybridized carbons (Fsp3) is 0.200. The van der Waals surface area contributed by atoms with Gasteiger partial charge in [0, 0.05) is 18.1 Å². The quantitative estimate of drug-likeness (QED) is 0.801. The van der Waals surface area contributed by atoms with Gasteiger partial charge in [0.1, 0.15) is 6.07 Å². The highest BCUT2D eigenvalue weighted by molar-refractivity contribution is 6.30. The predicted octanol–water partition coefficient (Wildman–Crippen LogP) is 2.77. The molecule has 0 saturated carbocycles. The molecule has 6 nitrogen and oxygen atoms in total. The van der Waals surface area contributed by atoms with Crippen molar-refractivity contribution < 1.29 is 0 Å². The van der Waals surface area contributed by atoms with Crippen molar-refractivity contribution in [3.05, 3.63) is 46.9 Å². The Morgan fingerprint density at radius 2 is 2.23 bits per heavy atom. The average Bonchev–Trinajstić information content (AvgIpc) is 2.93. The summed E-state index contributed by atoms with van der Waals surface area (Å²) in [5, 5.41) is 26.2. The highest BCUT2D eigenvalue weighted by atomic mass is 35.5. The number of aryl methyl sites for hydroxylation is 1. The van der Waals surface area contributed by atoms with Gasteiger partial charge in [-0.3, -0.25) is 4.68 Å². The number of fused-ring (bicyclic) bond motifs is 1. The lowest BCUT2D eigenvalue weighted by Gasteiger charge is -2.11. The first-order chi connectivity index (χ1) is 10.7. The van der Waals surface area contributed by atoms with Crippen molar-refractivity contribution in [2.24, 2.45) is 0 Å². The van der Waals surface area contributed by atoms with Crippen LogP contribution in [0.15, 0.2) is 30.6 Å². The molecule has 0 aliphatic heterocycles. The summed E-state index contributed by atoms with van der Waals surface area (Å²) in [5.41, 5.74) is 2.85. The first-order valence-electron chi connectivity index (χ1n) is 6.76. The summed E-state index contributed by atoms with van der Waals surface area (Å²) in [5.74, 6) is 0. The molecule has 1 N–H and O–H groups in total. The molecule has 0 aliphatic rings. The molecule has 0 unspecified atom stereocenters. The van der Waals surface area contributed by atoms with Crippen LogP contribution in [0.25, 0.3) is 10.9 Å². The number of hydrogen-bond donors (Lipinski definition) is 1. The van der Waals surface area contributed by atoms with Crippen molar-refractivity contribution in [2.75, 3.05) is 11.9 Å². The molecule has 0 atom stereocenters. The topological polar surface area (TPSA) is 79.4 Å². The number of anilines is 1. The molecule has 0 radical (unpaired) electrons. The summed E-state index contributed by atoms with van der Waals surface area (Å²) in [6.45, 7) is 3.23. The largest absolute Gasteiger partial charge is 0.380 e.